The van der Waals surface area contributed by atoms with Crippen molar-refractivity contribution in [1.82, 2.24) is 9.80 Å². The fraction of sp³-hybridized carbons (Fsp3) is 0.636. The number of benzene rings is 1. The molecule has 1 saturated heterocycles. The van der Waals surface area contributed by atoms with Gasteiger partial charge in [0.15, 0.2) is 18.1 Å². The van der Waals surface area contributed by atoms with Gasteiger partial charge in [0.2, 0.25) is 5.91 Å². The maximum atomic E-state index is 12.7. The monoisotopic (exact) mass is 388 g/mol. The summed E-state index contributed by atoms with van der Waals surface area (Å²) in [5, 5.41) is 0. The molecule has 28 heavy (non-hydrogen) atoms. The molecule has 1 unspecified atom stereocenters. The highest BCUT2D eigenvalue weighted by atomic mass is 16.5. The van der Waals surface area contributed by atoms with Crippen molar-refractivity contribution in [2.75, 3.05) is 26.8 Å². The Hall–Kier alpha value is -2.24. The van der Waals surface area contributed by atoms with Gasteiger partial charge in [0.1, 0.15) is 0 Å². The lowest BCUT2D eigenvalue weighted by molar-refractivity contribution is -0.138. The molecular formula is C22H32N2O4. The summed E-state index contributed by atoms with van der Waals surface area (Å²) < 4.78 is 11.0. The van der Waals surface area contributed by atoms with E-state index in [2.05, 4.69) is 6.92 Å². The second-order valence-corrected chi connectivity index (χ2v) is 7.65. The first kappa shape index (κ1) is 20.5. The first-order valence-corrected chi connectivity index (χ1v) is 10.5. The molecule has 2 fully saturated rings. The smallest absolute Gasteiger partial charge is 0.260 e. The van der Waals surface area contributed by atoms with Crippen LogP contribution in [-0.4, -0.2) is 60.5 Å². The topological polar surface area (TPSA) is 59.1 Å². The predicted molar refractivity (Wildman–Crippen MR) is 107 cm³/mol. The van der Waals surface area contributed by atoms with Crippen molar-refractivity contribution in [2.24, 2.45) is 0 Å². The molecule has 2 amide bonds. The van der Waals surface area contributed by atoms with Gasteiger partial charge in [-0.15, -0.1) is 0 Å². The van der Waals surface area contributed by atoms with Crippen LogP contribution in [0, 0.1) is 0 Å². The summed E-state index contributed by atoms with van der Waals surface area (Å²) in [6.07, 6.45) is 6.80. The summed E-state index contributed by atoms with van der Waals surface area (Å²) in [6.45, 7) is 3.44. The van der Waals surface area contributed by atoms with Crippen molar-refractivity contribution in [3.8, 4) is 11.5 Å². The lowest BCUT2D eigenvalue weighted by Crippen LogP contribution is -2.45. The fourth-order valence-electron chi connectivity index (χ4n) is 3.97. The molecule has 1 aliphatic heterocycles. The van der Waals surface area contributed by atoms with Crippen LogP contribution in [0.5, 0.6) is 11.5 Å². The first-order valence-electron chi connectivity index (χ1n) is 10.5. The molecule has 1 aromatic carbocycles. The Balaban J connectivity index is 1.53. The highest BCUT2D eigenvalue weighted by molar-refractivity contribution is 5.80. The van der Waals surface area contributed by atoms with Gasteiger partial charge in [-0.1, -0.05) is 19.1 Å². The van der Waals surface area contributed by atoms with Crippen molar-refractivity contribution >= 4 is 11.8 Å². The van der Waals surface area contributed by atoms with Crippen LogP contribution in [-0.2, 0) is 9.59 Å². The van der Waals surface area contributed by atoms with Gasteiger partial charge < -0.3 is 19.3 Å². The summed E-state index contributed by atoms with van der Waals surface area (Å²) in [4.78, 5) is 29.3. The van der Waals surface area contributed by atoms with Gasteiger partial charge in [0, 0.05) is 31.6 Å². The van der Waals surface area contributed by atoms with Gasteiger partial charge in [-0.05, 0) is 50.7 Å². The lowest BCUT2D eigenvalue weighted by atomic mass is 9.99. The molecule has 1 atom stereocenters. The number of likely N-dealkylation sites (tertiary alicyclic amines) is 1. The molecule has 0 aromatic heterocycles. The van der Waals surface area contributed by atoms with E-state index in [-0.39, 0.29) is 24.5 Å². The second kappa shape index (κ2) is 9.80. The molecule has 1 aromatic rings. The van der Waals surface area contributed by atoms with Crippen molar-refractivity contribution in [3.63, 3.8) is 0 Å². The van der Waals surface area contributed by atoms with E-state index >= 15 is 0 Å². The van der Waals surface area contributed by atoms with E-state index < -0.39 is 0 Å². The maximum absolute atomic E-state index is 12.7. The summed E-state index contributed by atoms with van der Waals surface area (Å²) in [7, 11) is 1.58. The van der Waals surface area contributed by atoms with Crippen LogP contribution in [0.25, 0.3) is 0 Å². The zero-order valence-corrected chi connectivity index (χ0v) is 17.1. The molecule has 0 N–H and O–H groups in total. The number of carbonyl (C=O) groups is 2. The number of para-hydroxylation sites is 2. The van der Waals surface area contributed by atoms with Crippen molar-refractivity contribution in [3.05, 3.63) is 24.3 Å². The molecule has 2 aliphatic rings. The van der Waals surface area contributed by atoms with Crippen LogP contribution in [0.1, 0.15) is 51.9 Å². The Morgan fingerprint density at radius 3 is 2.57 bits per heavy atom. The number of carbonyl (C=O) groups excluding carboxylic acids is 2. The largest absolute Gasteiger partial charge is 0.493 e. The SMILES string of the molecule is CCC1CCCCN1C(=O)CCN(C(=O)COc1ccccc1OC)C1CC1. The van der Waals surface area contributed by atoms with Crippen molar-refractivity contribution < 1.29 is 19.1 Å². The summed E-state index contributed by atoms with van der Waals surface area (Å²) >= 11 is 0. The molecule has 0 radical (unpaired) electrons. The van der Waals surface area contributed by atoms with E-state index in [1.54, 1.807) is 19.2 Å². The first-order chi connectivity index (χ1) is 13.6. The van der Waals surface area contributed by atoms with Gasteiger partial charge in [0.25, 0.3) is 5.91 Å². The number of hydrogen-bond donors (Lipinski definition) is 0. The molecule has 1 aliphatic carbocycles. The highest BCUT2D eigenvalue weighted by Gasteiger charge is 2.34. The van der Waals surface area contributed by atoms with E-state index in [0.717, 1.165) is 38.6 Å². The Kier molecular flexibility index (Phi) is 7.18. The van der Waals surface area contributed by atoms with E-state index in [9.17, 15) is 9.59 Å². The Morgan fingerprint density at radius 1 is 1.14 bits per heavy atom. The number of nitrogens with zero attached hydrogens (tertiary/aromatic N) is 2. The van der Waals surface area contributed by atoms with E-state index in [4.69, 9.17) is 9.47 Å². The van der Waals surface area contributed by atoms with Crippen molar-refractivity contribution in [2.45, 2.75) is 64.0 Å². The average molecular weight is 389 g/mol. The summed E-state index contributed by atoms with van der Waals surface area (Å²) in [6, 6.07) is 7.92. The zero-order chi connectivity index (χ0) is 19.9. The lowest BCUT2D eigenvalue weighted by Gasteiger charge is -2.36. The molecule has 6 heteroatoms. The number of piperidine rings is 1. The van der Waals surface area contributed by atoms with E-state index in [1.165, 1.54) is 6.42 Å². The standard InChI is InChI=1S/C22H32N2O4/c1-3-17-8-6-7-14-23(17)21(25)13-15-24(18-11-12-18)22(26)16-28-20-10-5-4-9-19(20)27-2/h4-5,9-10,17-18H,3,6-8,11-16H2,1-2H3. The number of rotatable bonds is 9. The van der Waals surface area contributed by atoms with Crippen LogP contribution >= 0.6 is 0 Å². The number of ether oxygens (including phenoxy) is 2. The quantitative estimate of drug-likeness (QED) is 0.652. The fourth-order valence-corrected chi connectivity index (χ4v) is 3.97. The number of methoxy groups -OCH3 is 1. The minimum Gasteiger partial charge on any atom is -0.493 e. The third kappa shape index (κ3) is 5.18. The molecule has 154 valence electrons. The molecule has 3 rings (SSSR count). The van der Waals surface area contributed by atoms with Gasteiger partial charge >= 0.3 is 0 Å². The van der Waals surface area contributed by atoms with E-state index in [1.807, 2.05) is 21.9 Å². The van der Waals surface area contributed by atoms with Crippen LogP contribution in [0.3, 0.4) is 0 Å². The van der Waals surface area contributed by atoms with Crippen LogP contribution < -0.4 is 9.47 Å². The zero-order valence-electron chi connectivity index (χ0n) is 17.1. The second-order valence-electron chi connectivity index (χ2n) is 7.65. The summed E-state index contributed by atoms with van der Waals surface area (Å²) in [5.41, 5.74) is 0. The normalized spacial score (nSPS) is 19.2. The van der Waals surface area contributed by atoms with Gasteiger partial charge in [0.05, 0.1) is 7.11 Å². The average Bonchev–Trinajstić information content (AvgIpc) is 3.57. The maximum Gasteiger partial charge on any atom is 0.260 e. The highest BCUT2D eigenvalue weighted by Crippen LogP contribution is 2.29. The van der Waals surface area contributed by atoms with E-state index in [0.29, 0.717) is 30.5 Å². The molecule has 6 nitrogen and oxygen atoms in total. The molecular weight excluding hydrogens is 356 g/mol. The Labute approximate surface area is 167 Å². The third-order valence-electron chi connectivity index (χ3n) is 5.71. The molecule has 1 saturated carbocycles. The molecule has 0 bridgehead atoms. The van der Waals surface area contributed by atoms with Crippen LogP contribution in [0.15, 0.2) is 24.3 Å². The van der Waals surface area contributed by atoms with Gasteiger partial charge in [-0.25, -0.2) is 0 Å². The molecule has 0 spiro atoms. The Morgan fingerprint density at radius 2 is 1.89 bits per heavy atom. The van der Waals surface area contributed by atoms with Crippen molar-refractivity contribution in [1.29, 1.82) is 0 Å². The number of amides is 2. The minimum absolute atomic E-state index is 0.0354. The summed E-state index contributed by atoms with van der Waals surface area (Å²) in [5.74, 6) is 1.28. The van der Waals surface area contributed by atoms with Gasteiger partial charge in [-0.3, -0.25) is 9.59 Å². The third-order valence-corrected chi connectivity index (χ3v) is 5.71. The van der Waals surface area contributed by atoms with Gasteiger partial charge in [-0.2, -0.15) is 0 Å². The van der Waals surface area contributed by atoms with Crippen LogP contribution in [0.2, 0.25) is 0 Å². The predicted octanol–water partition coefficient (Wildman–Crippen LogP) is 3.25. The number of hydrogen-bond acceptors (Lipinski definition) is 4. The van der Waals surface area contributed by atoms with Crippen LogP contribution in [0.4, 0.5) is 0 Å². The minimum atomic E-state index is -0.0631. The Bertz CT molecular complexity index is 674. The molecule has 1 heterocycles.